The van der Waals surface area contributed by atoms with Crippen LogP contribution in [0.25, 0.3) is 0 Å². The molecule has 116 valence electrons. The van der Waals surface area contributed by atoms with E-state index in [1.807, 2.05) is 5.32 Å². The number of nitrogens with two attached hydrogens (primary N) is 1. The molecular formula is C12H13F3N2O3S. The first kappa shape index (κ1) is 15.8. The van der Waals surface area contributed by atoms with Gasteiger partial charge in [-0.05, 0) is 24.0 Å². The molecule has 3 N–H and O–H groups in total. The third kappa shape index (κ3) is 3.94. The number of rotatable bonds is 4. The number of sulfonamides is 1. The summed E-state index contributed by atoms with van der Waals surface area (Å²) in [5.74, 6) is -2.33. The van der Waals surface area contributed by atoms with Gasteiger partial charge < -0.3 is 5.32 Å². The summed E-state index contributed by atoms with van der Waals surface area (Å²) < 4.78 is 58.7. The SMILES string of the molecule is NS(=O)(=O)Cc1ccc(C2(NC(=O)C(F)(F)F)CC2)cc1. The molecule has 0 unspecified atom stereocenters. The largest absolute Gasteiger partial charge is 0.471 e. The van der Waals surface area contributed by atoms with Crippen LogP contribution in [0, 0.1) is 0 Å². The van der Waals surface area contributed by atoms with Crippen LogP contribution in [0.4, 0.5) is 13.2 Å². The van der Waals surface area contributed by atoms with Crippen LogP contribution < -0.4 is 10.5 Å². The van der Waals surface area contributed by atoms with Crippen molar-refractivity contribution in [1.29, 1.82) is 0 Å². The zero-order valence-electron chi connectivity index (χ0n) is 10.8. The maximum absolute atomic E-state index is 12.3. The number of carbonyl (C=O) groups excluding carboxylic acids is 1. The summed E-state index contributed by atoms with van der Waals surface area (Å²) in [6, 6.07) is 5.95. The number of primary sulfonamides is 1. The minimum Gasteiger partial charge on any atom is -0.339 e. The second kappa shape index (κ2) is 4.99. The lowest BCUT2D eigenvalue weighted by Gasteiger charge is -2.19. The predicted octanol–water partition coefficient (Wildman–Crippen LogP) is 1.14. The predicted molar refractivity (Wildman–Crippen MR) is 68.4 cm³/mol. The van der Waals surface area contributed by atoms with Gasteiger partial charge in [0.15, 0.2) is 0 Å². The zero-order valence-corrected chi connectivity index (χ0v) is 11.6. The van der Waals surface area contributed by atoms with Crippen molar-refractivity contribution in [2.24, 2.45) is 5.14 Å². The Kier molecular flexibility index (Phi) is 3.75. The summed E-state index contributed by atoms with van der Waals surface area (Å²) in [5.41, 5.74) is -0.0651. The summed E-state index contributed by atoms with van der Waals surface area (Å²) in [5, 5.41) is 6.89. The van der Waals surface area contributed by atoms with Crippen molar-refractivity contribution in [3.63, 3.8) is 0 Å². The first-order chi connectivity index (χ1) is 9.52. The van der Waals surface area contributed by atoms with E-state index >= 15 is 0 Å². The van der Waals surface area contributed by atoms with Gasteiger partial charge in [-0.1, -0.05) is 24.3 Å². The molecule has 0 aliphatic heterocycles. The van der Waals surface area contributed by atoms with E-state index in [-0.39, 0.29) is 5.75 Å². The molecule has 1 aromatic carbocycles. The summed E-state index contributed by atoms with van der Waals surface area (Å²) in [7, 11) is -3.67. The summed E-state index contributed by atoms with van der Waals surface area (Å²) in [6.45, 7) is 0. The number of benzene rings is 1. The molecule has 21 heavy (non-hydrogen) atoms. The third-order valence-corrected chi connectivity index (χ3v) is 3.97. The van der Waals surface area contributed by atoms with Gasteiger partial charge in [0.2, 0.25) is 10.0 Å². The van der Waals surface area contributed by atoms with Crippen LogP contribution in [0.2, 0.25) is 0 Å². The summed E-state index contributed by atoms with van der Waals surface area (Å²) >= 11 is 0. The van der Waals surface area contributed by atoms with E-state index in [9.17, 15) is 26.4 Å². The molecule has 0 aromatic heterocycles. The van der Waals surface area contributed by atoms with Gasteiger partial charge in [-0.3, -0.25) is 4.79 Å². The number of hydrogen-bond donors (Lipinski definition) is 2. The molecule has 0 atom stereocenters. The average molecular weight is 322 g/mol. The topological polar surface area (TPSA) is 89.3 Å². The third-order valence-electron chi connectivity index (χ3n) is 3.23. The standard InChI is InChI=1S/C12H13F3N2O3S/c13-12(14,15)10(18)17-11(5-6-11)9-3-1-8(2-4-9)7-21(16,19)20/h1-4H,5-7H2,(H,17,18)(H2,16,19,20). The van der Waals surface area contributed by atoms with Gasteiger partial charge in [0.1, 0.15) is 0 Å². The number of amides is 1. The van der Waals surface area contributed by atoms with Crippen molar-refractivity contribution in [2.45, 2.75) is 30.3 Å². The summed E-state index contributed by atoms with van der Waals surface area (Å²) in [6.07, 6.45) is -4.12. The minimum absolute atomic E-state index is 0.352. The fraction of sp³-hybridized carbons (Fsp3) is 0.417. The van der Waals surface area contributed by atoms with E-state index in [0.717, 1.165) is 0 Å². The van der Waals surface area contributed by atoms with Gasteiger partial charge in [0.05, 0.1) is 11.3 Å². The second-order valence-electron chi connectivity index (χ2n) is 5.04. The molecule has 9 heteroatoms. The quantitative estimate of drug-likeness (QED) is 0.871. The van der Waals surface area contributed by atoms with Crippen molar-refractivity contribution in [3.8, 4) is 0 Å². The molecular weight excluding hydrogens is 309 g/mol. The second-order valence-corrected chi connectivity index (χ2v) is 6.65. The molecule has 1 aromatic rings. The molecule has 0 radical (unpaired) electrons. The maximum Gasteiger partial charge on any atom is 0.471 e. The molecule has 1 saturated carbocycles. The molecule has 1 amide bonds. The van der Waals surface area contributed by atoms with E-state index < -0.39 is 27.6 Å². The Labute approximate surface area is 119 Å². The van der Waals surface area contributed by atoms with Gasteiger partial charge in [-0.25, -0.2) is 13.6 Å². The van der Waals surface area contributed by atoms with Gasteiger partial charge >= 0.3 is 12.1 Å². The number of hydrogen-bond acceptors (Lipinski definition) is 3. The first-order valence-electron chi connectivity index (χ1n) is 6.01. The highest BCUT2D eigenvalue weighted by Crippen LogP contribution is 2.46. The highest BCUT2D eigenvalue weighted by atomic mass is 32.2. The van der Waals surface area contributed by atoms with Crippen LogP contribution in [0.15, 0.2) is 24.3 Å². The van der Waals surface area contributed by atoms with E-state index in [1.165, 1.54) is 24.3 Å². The van der Waals surface area contributed by atoms with E-state index in [2.05, 4.69) is 0 Å². The zero-order chi connectivity index (χ0) is 15.9. The first-order valence-corrected chi connectivity index (χ1v) is 7.73. The molecule has 0 bridgehead atoms. The molecule has 1 fully saturated rings. The van der Waals surface area contributed by atoms with Crippen LogP contribution >= 0.6 is 0 Å². The lowest BCUT2D eigenvalue weighted by molar-refractivity contribution is -0.174. The van der Waals surface area contributed by atoms with Crippen LogP contribution in [0.1, 0.15) is 24.0 Å². The number of carbonyl (C=O) groups is 1. The molecule has 5 nitrogen and oxygen atoms in total. The van der Waals surface area contributed by atoms with Crippen molar-refractivity contribution >= 4 is 15.9 Å². The minimum atomic E-state index is -4.93. The van der Waals surface area contributed by atoms with Crippen molar-refractivity contribution < 1.29 is 26.4 Å². The van der Waals surface area contributed by atoms with Gasteiger partial charge in [0, 0.05) is 0 Å². The van der Waals surface area contributed by atoms with E-state index in [1.54, 1.807) is 0 Å². The van der Waals surface area contributed by atoms with Crippen molar-refractivity contribution in [1.82, 2.24) is 5.32 Å². The Morgan fingerprint density at radius 1 is 1.24 bits per heavy atom. The van der Waals surface area contributed by atoms with Crippen LogP contribution in [0.3, 0.4) is 0 Å². The maximum atomic E-state index is 12.3. The summed E-state index contributed by atoms with van der Waals surface area (Å²) in [4.78, 5) is 11.0. The van der Waals surface area contributed by atoms with Crippen LogP contribution in [0.5, 0.6) is 0 Å². The highest BCUT2D eigenvalue weighted by molar-refractivity contribution is 7.88. The monoisotopic (exact) mass is 322 g/mol. The number of nitrogens with one attached hydrogen (secondary N) is 1. The Morgan fingerprint density at radius 2 is 1.76 bits per heavy atom. The van der Waals surface area contributed by atoms with Gasteiger partial charge in [0.25, 0.3) is 0 Å². The van der Waals surface area contributed by atoms with E-state index in [4.69, 9.17) is 5.14 Å². The van der Waals surface area contributed by atoms with Gasteiger partial charge in [-0.15, -0.1) is 0 Å². The van der Waals surface area contributed by atoms with Crippen molar-refractivity contribution in [2.75, 3.05) is 0 Å². The lowest BCUT2D eigenvalue weighted by Crippen LogP contribution is -2.43. The van der Waals surface area contributed by atoms with Crippen molar-refractivity contribution in [3.05, 3.63) is 35.4 Å². The normalized spacial score (nSPS) is 17.3. The molecule has 0 spiro atoms. The van der Waals surface area contributed by atoms with Crippen LogP contribution in [-0.4, -0.2) is 20.5 Å². The fourth-order valence-corrected chi connectivity index (χ4v) is 2.71. The lowest BCUT2D eigenvalue weighted by atomic mass is 10.0. The Hall–Kier alpha value is -1.61. The van der Waals surface area contributed by atoms with E-state index in [0.29, 0.717) is 24.0 Å². The van der Waals surface area contributed by atoms with Crippen LogP contribution in [-0.2, 0) is 26.1 Å². The molecule has 1 aliphatic carbocycles. The van der Waals surface area contributed by atoms with Gasteiger partial charge in [-0.2, -0.15) is 13.2 Å². The molecule has 0 saturated heterocycles. The average Bonchev–Trinajstić information content (AvgIpc) is 3.07. The molecule has 0 heterocycles. The number of alkyl halides is 3. The smallest absolute Gasteiger partial charge is 0.339 e. The molecule has 1 aliphatic rings. The number of halogens is 3. The molecule has 2 rings (SSSR count). The Bertz CT molecular complexity index is 649. The Balaban J connectivity index is 2.13. The fourth-order valence-electron chi connectivity index (χ4n) is 2.05. The highest BCUT2D eigenvalue weighted by Gasteiger charge is 2.50. The Morgan fingerprint density at radius 3 is 2.14 bits per heavy atom.